The lowest BCUT2D eigenvalue weighted by Gasteiger charge is -2.06. The van der Waals surface area contributed by atoms with Gasteiger partial charge in [0.25, 0.3) is 11.5 Å². The average molecular weight is 211 g/mol. The average Bonchev–Trinajstić information content (AvgIpc) is 2.23. The highest BCUT2D eigenvalue weighted by atomic mass is 16.3. The van der Waals surface area contributed by atoms with Crippen LogP contribution < -0.4 is 16.6 Å². The summed E-state index contributed by atoms with van der Waals surface area (Å²) in [5.74, 6) is -1.05. The zero-order valence-corrected chi connectivity index (χ0v) is 8.36. The smallest absolute Gasteiger partial charge is 0.293 e. The number of aryl methyl sites for hydroxylation is 1. The van der Waals surface area contributed by atoms with Crippen molar-refractivity contribution < 1.29 is 9.90 Å². The second-order valence-corrected chi connectivity index (χ2v) is 3.04. The number of nitrogens with zero attached hydrogens (tertiary/aromatic N) is 1. The number of nitrogens with one attached hydrogen (secondary N) is 1. The van der Waals surface area contributed by atoms with Crippen molar-refractivity contribution in [3.8, 4) is 5.75 Å². The predicted octanol–water partition coefficient (Wildman–Crippen LogP) is -1.22. The van der Waals surface area contributed by atoms with Gasteiger partial charge >= 0.3 is 0 Å². The summed E-state index contributed by atoms with van der Waals surface area (Å²) in [5.41, 5.74) is 4.57. The summed E-state index contributed by atoms with van der Waals surface area (Å²) in [6.07, 6.45) is 1.42. The third kappa shape index (κ3) is 2.35. The van der Waals surface area contributed by atoms with Gasteiger partial charge in [0.2, 0.25) is 0 Å². The van der Waals surface area contributed by atoms with Gasteiger partial charge in [-0.2, -0.15) is 0 Å². The van der Waals surface area contributed by atoms with Gasteiger partial charge in [0.15, 0.2) is 5.75 Å². The second-order valence-electron chi connectivity index (χ2n) is 3.04. The fraction of sp³-hybridized carbons (Fsp3) is 0.333. The molecule has 0 unspecified atom stereocenters. The Labute approximate surface area is 86.3 Å². The van der Waals surface area contributed by atoms with Crippen molar-refractivity contribution in [2.24, 2.45) is 12.8 Å². The molecule has 0 radical (unpaired) electrons. The SMILES string of the molecule is Cn1ccc(C(=O)NCCN)c(O)c1=O. The highest BCUT2D eigenvalue weighted by Gasteiger charge is 2.13. The zero-order valence-electron chi connectivity index (χ0n) is 8.36. The van der Waals surface area contributed by atoms with Gasteiger partial charge in [0.1, 0.15) is 0 Å². The monoisotopic (exact) mass is 211 g/mol. The molecule has 0 aliphatic heterocycles. The molecule has 82 valence electrons. The van der Waals surface area contributed by atoms with Crippen molar-refractivity contribution in [3.63, 3.8) is 0 Å². The minimum Gasteiger partial charge on any atom is -0.502 e. The first-order valence-corrected chi connectivity index (χ1v) is 4.44. The number of hydrogen-bond donors (Lipinski definition) is 3. The van der Waals surface area contributed by atoms with Crippen LogP contribution in [-0.2, 0) is 7.05 Å². The summed E-state index contributed by atoms with van der Waals surface area (Å²) in [6, 6.07) is 1.38. The Hall–Kier alpha value is -1.82. The van der Waals surface area contributed by atoms with Gasteiger partial charge < -0.3 is 20.7 Å². The van der Waals surface area contributed by atoms with Crippen molar-refractivity contribution in [1.82, 2.24) is 9.88 Å². The lowest BCUT2D eigenvalue weighted by atomic mass is 10.2. The maximum Gasteiger partial charge on any atom is 0.293 e. The number of aromatic hydroxyl groups is 1. The van der Waals surface area contributed by atoms with E-state index >= 15 is 0 Å². The molecule has 0 aromatic carbocycles. The van der Waals surface area contributed by atoms with E-state index in [4.69, 9.17) is 5.73 Å². The molecule has 15 heavy (non-hydrogen) atoms. The van der Waals surface area contributed by atoms with Crippen LogP contribution in [0.4, 0.5) is 0 Å². The topological polar surface area (TPSA) is 97.3 Å². The minimum absolute atomic E-state index is 0.0356. The molecule has 1 heterocycles. The Morgan fingerprint density at radius 1 is 1.67 bits per heavy atom. The molecule has 0 atom stereocenters. The quantitative estimate of drug-likeness (QED) is 0.583. The molecular weight excluding hydrogens is 198 g/mol. The van der Waals surface area contributed by atoms with Gasteiger partial charge in [-0.15, -0.1) is 0 Å². The number of nitrogens with two attached hydrogens (primary N) is 1. The first-order valence-electron chi connectivity index (χ1n) is 4.44. The van der Waals surface area contributed by atoms with Crippen LogP contribution in [0.3, 0.4) is 0 Å². The molecular formula is C9H13N3O3. The molecule has 6 heteroatoms. The van der Waals surface area contributed by atoms with Crippen LogP contribution in [-0.4, -0.2) is 28.7 Å². The van der Waals surface area contributed by atoms with Crippen LogP contribution in [0.5, 0.6) is 5.75 Å². The van der Waals surface area contributed by atoms with Crippen LogP contribution in [0, 0.1) is 0 Å². The Morgan fingerprint density at radius 2 is 2.33 bits per heavy atom. The van der Waals surface area contributed by atoms with Gasteiger partial charge in [0, 0.05) is 26.3 Å². The van der Waals surface area contributed by atoms with Gasteiger partial charge in [-0.3, -0.25) is 9.59 Å². The van der Waals surface area contributed by atoms with Crippen molar-refractivity contribution in [1.29, 1.82) is 0 Å². The largest absolute Gasteiger partial charge is 0.502 e. The number of pyridine rings is 1. The zero-order chi connectivity index (χ0) is 11.4. The van der Waals surface area contributed by atoms with Crippen molar-refractivity contribution in [2.45, 2.75) is 0 Å². The fourth-order valence-corrected chi connectivity index (χ4v) is 1.08. The third-order valence-electron chi connectivity index (χ3n) is 1.92. The van der Waals surface area contributed by atoms with Crippen molar-refractivity contribution in [3.05, 3.63) is 28.2 Å². The Bertz CT molecular complexity index is 425. The number of carbonyl (C=O) groups is 1. The van der Waals surface area contributed by atoms with Crippen molar-refractivity contribution >= 4 is 5.91 Å². The molecule has 0 aliphatic rings. The lowest BCUT2D eigenvalue weighted by molar-refractivity contribution is 0.0951. The molecule has 1 amide bonds. The van der Waals surface area contributed by atoms with Crippen LogP contribution >= 0.6 is 0 Å². The normalized spacial score (nSPS) is 10.0. The number of aromatic nitrogens is 1. The van der Waals surface area contributed by atoms with Crippen molar-refractivity contribution in [2.75, 3.05) is 13.1 Å². The van der Waals surface area contributed by atoms with E-state index < -0.39 is 17.2 Å². The third-order valence-corrected chi connectivity index (χ3v) is 1.92. The van der Waals surface area contributed by atoms with E-state index in [2.05, 4.69) is 5.32 Å². The van der Waals surface area contributed by atoms with E-state index in [0.717, 1.165) is 0 Å². The van der Waals surface area contributed by atoms with E-state index in [-0.39, 0.29) is 5.56 Å². The first-order chi connectivity index (χ1) is 7.07. The van der Waals surface area contributed by atoms with Gasteiger partial charge in [-0.05, 0) is 6.07 Å². The summed E-state index contributed by atoms with van der Waals surface area (Å²) in [7, 11) is 1.49. The summed E-state index contributed by atoms with van der Waals surface area (Å²) in [4.78, 5) is 22.7. The molecule has 0 spiro atoms. The van der Waals surface area contributed by atoms with Gasteiger partial charge in [-0.25, -0.2) is 0 Å². The Kier molecular flexibility index (Phi) is 3.46. The number of amides is 1. The van der Waals surface area contributed by atoms with E-state index in [9.17, 15) is 14.7 Å². The number of hydrogen-bond acceptors (Lipinski definition) is 4. The fourth-order valence-electron chi connectivity index (χ4n) is 1.08. The standard InChI is InChI=1S/C9H13N3O3/c1-12-5-2-6(7(13)9(12)15)8(14)11-4-3-10/h2,5,13H,3-4,10H2,1H3,(H,11,14). The molecule has 0 aliphatic carbocycles. The van der Waals surface area contributed by atoms with Gasteiger partial charge in [0.05, 0.1) is 5.56 Å². The van der Waals surface area contributed by atoms with Gasteiger partial charge in [-0.1, -0.05) is 0 Å². The summed E-state index contributed by atoms with van der Waals surface area (Å²) >= 11 is 0. The number of carbonyl (C=O) groups excluding carboxylic acids is 1. The molecule has 0 fully saturated rings. The maximum absolute atomic E-state index is 11.4. The van der Waals surface area contributed by atoms with E-state index in [1.807, 2.05) is 0 Å². The summed E-state index contributed by atoms with van der Waals surface area (Å²) in [5, 5.41) is 11.9. The molecule has 0 bridgehead atoms. The van der Waals surface area contributed by atoms with E-state index in [0.29, 0.717) is 13.1 Å². The van der Waals surface area contributed by atoms with Crippen LogP contribution in [0.25, 0.3) is 0 Å². The number of rotatable bonds is 3. The Morgan fingerprint density at radius 3 is 2.93 bits per heavy atom. The van der Waals surface area contributed by atoms with E-state index in [1.165, 1.54) is 23.9 Å². The first kappa shape index (κ1) is 11.3. The molecule has 1 aromatic rings. The second kappa shape index (κ2) is 4.61. The highest BCUT2D eigenvalue weighted by molar-refractivity contribution is 5.96. The highest BCUT2D eigenvalue weighted by Crippen LogP contribution is 2.09. The van der Waals surface area contributed by atoms with Crippen LogP contribution in [0.2, 0.25) is 0 Å². The maximum atomic E-state index is 11.4. The van der Waals surface area contributed by atoms with Crippen LogP contribution in [0.1, 0.15) is 10.4 Å². The predicted molar refractivity (Wildman–Crippen MR) is 54.7 cm³/mol. The lowest BCUT2D eigenvalue weighted by Crippen LogP contribution is -2.30. The molecule has 1 rings (SSSR count). The molecule has 4 N–H and O–H groups in total. The molecule has 1 aromatic heterocycles. The summed E-state index contributed by atoms with van der Waals surface area (Å²) in [6.45, 7) is 0.602. The van der Waals surface area contributed by atoms with Crippen LogP contribution in [0.15, 0.2) is 17.1 Å². The molecule has 0 saturated heterocycles. The molecule has 0 saturated carbocycles. The molecule has 6 nitrogen and oxygen atoms in total. The summed E-state index contributed by atoms with van der Waals surface area (Å²) < 4.78 is 1.19. The van der Waals surface area contributed by atoms with E-state index in [1.54, 1.807) is 0 Å². The Balaban J connectivity index is 3.01. The minimum atomic E-state index is -0.601.